The monoisotopic (exact) mass is 206 g/mol. The molecule has 6 nitrogen and oxygen atoms in total. The Morgan fingerprint density at radius 2 is 1.79 bits per heavy atom. The maximum atomic E-state index is 9.89. The van der Waals surface area contributed by atoms with E-state index in [1.54, 1.807) is 28.1 Å². The van der Waals surface area contributed by atoms with E-state index in [1.165, 1.54) is 0 Å². The third-order valence-corrected chi connectivity index (χ3v) is 0.890. The zero-order chi connectivity index (χ0) is 11.8. The summed E-state index contributed by atoms with van der Waals surface area (Å²) >= 11 is 0. The smallest absolute Gasteiger partial charge is 0.404 e. The lowest BCUT2D eigenvalue weighted by Gasteiger charge is -2.23. The van der Waals surface area contributed by atoms with E-state index < -0.39 is 12.1 Å². The number of carbonyl (C=O) groups excluding carboxylic acids is 2. The highest BCUT2D eigenvalue weighted by molar-refractivity contribution is 5.65. The van der Waals surface area contributed by atoms with Crippen molar-refractivity contribution in [1.82, 2.24) is 0 Å². The molecule has 14 heavy (non-hydrogen) atoms. The van der Waals surface area contributed by atoms with Gasteiger partial charge in [0.25, 0.3) is 0 Å². The molecule has 0 atom stereocenters. The summed E-state index contributed by atoms with van der Waals surface area (Å²) in [7, 11) is 5.40. The van der Waals surface area contributed by atoms with Gasteiger partial charge in [-0.1, -0.05) is 0 Å². The quantitative estimate of drug-likeness (QED) is 0.571. The summed E-state index contributed by atoms with van der Waals surface area (Å²) in [5.74, 6) is -1.00. The standard InChI is InChI=1S/C5H11NO2.C3H7NO2/c1-6(2,3)4-5(7)8;1-2-6-3(4)5/h4H2,1-3H3;2H2,1H3,(H2,4,5). The van der Waals surface area contributed by atoms with Crippen LogP contribution in [0.4, 0.5) is 4.79 Å². The van der Waals surface area contributed by atoms with Crippen LogP contribution in [0.3, 0.4) is 0 Å². The second-order valence-corrected chi connectivity index (χ2v) is 3.57. The SMILES string of the molecule is CCOC(N)=O.C[N+](C)(C)CC(=O)[O-]. The first-order valence-corrected chi connectivity index (χ1v) is 4.11. The molecular weight excluding hydrogens is 188 g/mol. The molecule has 0 radical (unpaired) electrons. The molecule has 0 aliphatic rings. The van der Waals surface area contributed by atoms with Crippen molar-refractivity contribution in [1.29, 1.82) is 0 Å². The summed E-state index contributed by atoms with van der Waals surface area (Å²) in [6.45, 7) is 2.13. The Bertz CT molecular complexity index is 186. The van der Waals surface area contributed by atoms with Crippen molar-refractivity contribution in [3.05, 3.63) is 0 Å². The van der Waals surface area contributed by atoms with E-state index in [9.17, 15) is 14.7 Å². The fraction of sp³-hybridized carbons (Fsp3) is 0.750. The van der Waals surface area contributed by atoms with Gasteiger partial charge in [-0.25, -0.2) is 4.79 Å². The summed E-state index contributed by atoms with van der Waals surface area (Å²) < 4.78 is 4.60. The summed E-state index contributed by atoms with van der Waals surface area (Å²) in [5, 5.41) is 9.89. The van der Waals surface area contributed by atoms with Gasteiger partial charge in [-0.2, -0.15) is 0 Å². The van der Waals surface area contributed by atoms with Crippen LogP contribution in [0.5, 0.6) is 0 Å². The van der Waals surface area contributed by atoms with Crippen LogP contribution < -0.4 is 10.8 Å². The van der Waals surface area contributed by atoms with Crippen molar-refractivity contribution in [2.45, 2.75) is 6.92 Å². The lowest BCUT2D eigenvalue weighted by molar-refractivity contribution is -0.864. The fourth-order valence-corrected chi connectivity index (χ4v) is 0.530. The normalized spacial score (nSPS) is 9.71. The van der Waals surface area contributed by atoms with Gasteiger partial charge in [-0.3, -0.25) is 0 Å². The highest BCUT2D eigenvalue weighted by Gasteiger charge is 2.04. The number of amides is 1. The third kappa shape index (κ3) is 22.4. The lowest BCUT2D eigenvalue weighted by Crippen LogP contribution is -2.45. The van der Waals surface area contributed by atoms with Gasteiger partial charge in [-0.05, 0) is 6.92 Å². The highest BCUT2D eigenvalue weighted by Crippen LogP contribution is 1.84. The number of nitrogens with zero attached hydrogens (tertiary/aromatic N) is 1. The van der Waals surface area contributed by atoms with Crippen LogP contribution in [-0.2, 0) is 9.53 Å². The van der Waals surface area contributed by atoms with Crippen molar-refractivity contribution in [2.75, 3.05) is 34.3 Å². The van der Waals surface area contributed by atoms with E-state index in [0.717, 1.165) is 0 Å². The second-order valence-electron chi connectivity index (χ2n) is 3.57. The average molecular weight is 206 g/mol. The molecule has 0 aromatic carbocycles. The second kappa shape index (κ2) is 7.14. The number of likely N-dealkylation sites (N-methyl/N-ethyl adjacent to an activating group) is 1. The zero-order valence-corrected chi connectivity index (χ0v) is 9.07. The Morgan fingerprint density at radius 3 is 1.79 bits per heavy atom. The number of rotatable bonds is 3. The van der Waals surface area contributed by atoms with E-state index >= 15 is 0 Å². The molecule has 0 aromatic heterocycles. The number of carboxylic acids is 1. The molecule has 2 N–H and O–H groups in total. The largest absolute Gasteiger partial charge is 0.544 e. The fourth-order valence-electron chi connectivity index (χ4n) is 0.530. The van der Waals surface area contributed by atoms with Crippen LogP contribution in [0.25, 0.3) is 0 Å². The maximum Gasteiger partial charge on any atom is 0.404 e. The van der Waals surface area contributed by atoms with Crippen LogP contribution in [0.15, 0.2) is 0 Å². The molecule has 0 bridgehead atoms. The molecular formula is C8H18N2O4. The van der Waals surface area contributed by atoms with E-state index in [1.807, 2.05) is 0 Å². The minimum atomic E-state index is -1.00. The van der Waals surface area contributed by atoms with E-state index in [2.05, 4.69) is 10.5 Å². The van der Waals surface area contributed by atoms with E-state index in [0.29, 0.717) is 11.1 Å². The Balaban J connectivity index is 0. The van der Waals surface area contributed by atoms with Gasteiger partial charge in [0, 0.05) is 0 Å². The van der Waals surface area contributed by atoms with Gasteiger partial charge in [0.2, 0.25) is 0 Å². The lowest BCUT2D eigenvalue weighted by atomic mass is 10.5. The minimum Gasteiger partial charge on any atom is -0.544 e. The van der Waals surface area contributed by atoms with E-state index in [-0.39, 0.29) is 6.54 Å². The molecule has 0 aliphatic carbocycles. The van der Waals surface area contributed by atoms with Crippen molar-refractivity contribution >= 4 is 12.1 Å². The van der Waals surface area contributed by atoms with Gasteiger partial charge >= 0.3 is 6.09 Å². The molecule has 6 heteroatoms. The van der Waals surface area contributed by atoms with Crippen molar-refractivity contribution in [3.8, 4) is 0 Å². The molecule has 0 fully saturated rings. The average Bonchev–Trinajstić information content (AvgIpc) is 1.80. The topological polar surface area (TPSA) is 92.5 Å². The number of carboxylic acid groups (broad SMARTS) is 1. The Morgan fingerprint density at radius 1 is 1.36 bits per heavy atom. The summed E-state index contributed by atoms with van der Waals surface area (Å²) in [6.07, 6.45) is -0.711. The number of aliphatic carboxylic acids is 1. The van der Waals surface area contributed by atoms with Gasteiger partial charge in [-0.15, -0.1) is 0 Å². The third-order valence-electron chi connectivity index (χ3n) is 0.890. The molecule has 0 spiro atoms. The molecule has 0 aliphatic heterocycles. The van der Waals surface area contributed by atoms with Crippen molar-refractivity contribution < 1.29 is 23.9 Å². The van der Waals surface area contributed by atoms with Gasteiger partial charge in [0.15, 0.2) is 0 Å². The molecule has 0 unspecified atom stereocenters. The molecule has 0 saturated heterocycles. The highest BCUT2D eigenvalue weighted by atomic mass is 16.5. The Kier molecular flexibility index (Phi) is 7.74. The number of ether oxygens (including phenoxy) is 1. The van der Waals surface area contributed by atoms with Crippen LogP contribution in [-0.4, -0.2) is 50.8 Å². The summed E-state index contributed by atoms with van der Waals surface area (Å²) in [5.41, 5.74) is 4.54. The predicted octanol–water partition coefficient (Wildman–Crippen LogP) is -1.46. The van der Waals surface area contributed by atoms with Gasteiger partial charge < -0.3 is 24.9 Å². The molecule has 0 rings (SSSR count). The number of nitrogens with two attached hydrogens (primary N) is 1. The summed E-state index contributed by atoms with van der Waals surface area (Å²) in [6, 6.07) is 0. The number of quaternary nitrogens is 1. The molecule has 1 amide bonds. The number of primary amides is 1. The molecule has 84 valence electrons. The van der Waals surface area contributed by atoms with Crippen LogP contribution in [0, 0.1) is 0 Å². The van der Waals surface area contributed by atoms with Crippen LogP contribution in [0.1, 0.15) is 6.92 Å². The van der Waals surface area contributed by atoms with E-state index in [4.69, 9.17) is 0 Å². The first-order chi connectivity index (χ1) is 6.19. The molecule has 0 heterocycles. The maximum absolute atomic E-state index is 9.89. The predicted molar refractivity (Wildman–Crippen MR) is 49.1 cm³/mol. The van der Waals surface area contributed by atoms with Crippen LogP contribution in [0.2, 0.25) is 0 Å². The first kappa shape index (κ1) is 15.2. The van der Waals surface area contributed by atoms with Crippen molar-refractivity contribution in [2.24, 2.45) is 5.73 Å². The van der Waals surface area contributed by atoms with Gasteiger partial charge in [0.1, 0.15) is 6.54 Å². The van der Waals surface area contributed by atoms with Crippen molar-refractivity contribution in [3.63, 3.8) is 0 Å². The Hall–Kier alpha value is -1.30. The first-order valence-electron chi connectivity index (χ1n) is 4.11. The minimum absolute atomic E-state index is 0.0694. The zero-order valence-electron chi connectivity index (χ0n) is 9.07. The number of carbonyl (C=O) groups is 2. The summed E-state index contributed by atoms with van der Waals surface area (Å²) in [4.78, 5) is 19.5. The number of hydrogen-bond donors (Lipinski definition) is 1. The molecule has 0 saturated carbocycles. The Labute approximate surface area is 83.8 Å². The van der Waals surface area contributed by atoms with Gasteiger partial charge in [0.05, 0.1) is 33.7 Å². The van der Waals surface area contributed by atoms with Crippen LogP contribution >= 0.6 is 0 Å². The molecule has 0 aromatic rings. The number of hydrogen-bond acceptors (Lipinski definition) is 4.